The maximum absolute atomic E-state index is 13.2. The van der Waals surface area contributed by atoms with Gasteiger partial charge in [-0.2, -0.15) is 11.3 Å². The Labute approximate surface area is 196 Å². The van der Waals surface area contributed by atoms with E-state index in [4.69, 9.17) is 19.4 Å². The van der Waals surface area contributed by atoms with E-state index >= 15 is 0 Å². The highest BCUT2D eigenvalue weighted by molar-refractivity contribution is 7.08. The van der Waals surface area contributed by atoms with Gasteiger partial charge in [0.2, 0.25) is 0 Å². The van der Waals surface area contributed by atoms with Gasteiger partial charge in [-0.3, -0.25) is 4.79 Å². The van der Waals surface area contributed by atoms with Crippen LogP contribution in [0.4, 0.5) is 5.82 Å². The Morgan fingerprint density at radius 1 is 0.939 bits per heavy atom. The van der Waals surface area contributed by atoms with E-state index in [1.807, 2.05) is 34.5 Å². The molecule has 0 aliphatic carbocycles. The third-order valence-electron chi connectivity index (χ3n) is 5.83. The number of hydrogen-bond acceptors (Lipinski definition) is 7. The number of para-hydroxylation sites is 1. The molecule has 0 spiro atoms. The summed E-state index contributed by atoms with van der Waals surface area (Å²) in [5.74, 6) is 2.82. The molecule has 33 heavy (non-hydrogen) atoms. The van der Waals surface area contributed by atoms with Crippen LogP contribution in [-0.4, -0.2) is 61.2 Å². The Kier molecular flexibility index (Phi) is 5.83. The van der Waals surface area contributed by atoms with Crippen molar-refractivity contribution in [3.63, 3.8) is 0 Å². The fourth-order valence-corrected chi connectivity index (χ4v) is 4.69. The van der Waals surface area contributed by atoms with Crippen molar-refractivity contribution in [1.82, 2.24) is 14.9 Å². The summed E-state index contributed by atoms with van der Waals surface area (Å²) >= 11 is 1.63. The molecule has 1 aliphatic heterocycles. The summed E-state index contributed by atoms with van der Waals surface area (Å²) in [6, 6.07) is 15.4. The number of anilines is 1. The van der Waals surface area contributed by atoms with Crippen molar-refractivity contribution in [3.8, 4) is 22.9 Å². The Morgan fingerprint density at radius 3 is 2.33 bits per heavy atom. The largest absolute Gasteiger partial charge is 0.497 e. The van der Waals surface area contributed by atoms with E-state index in [9.17, 15) is 4.79 Å². The molecule has 8 heteroatoms. The summed E-state index contributed by atoms with van der Waals surface area (Å²) in [6.07, 6.45) is 0. The van der Waals surface area contributed by atoms with Crippen molar-refractivity contribution in [2.45, 2.75) is 0 Å². The van der Waals surface area contributed by atoms with Gasteiger partial charge in [-0.05, 0) is 35.7 Å². The first-order chi connectivity index (χ1) is 16.2. The number of carbonyl (C=O) groups is 1. The summed E-state index contributed by atoms with van der Waals surface area (Å²) in [6.45, 7) is 2.59. The first-order valence-corrected chi connectivity index (χ1v) is 11.7. The molecule has 3 heterocycles. The number of aromatic nitrogens is 2. The number of methoxy groups -OCH3 is 2. The van der Waals surface area contributed by atoms with Crippen LogP contribution >= 0.6 is 11.3 Å². The van der Waals surface area contributed by atoms with Crippen molar-refractivity contribution in [2.24, 2.45) is 0 Å². The lowest BCUT2D eigenvalue weighted by atomic mass is 10.1. The van der Waals surface area contributed by atoms with E-state index in [0.717, 1.165) is 28.1 Å². The van der Waals surface area contributed by atoms with Crippen LogP contribution < -0.4 is 14.4 Å². The molecule has 0 bridgehead atoms. The van der Waals surface area contributed by atoms with Crippen molar-refractivity contribution < 1.29 is 14.3 Å². The highest BCUT2D eigenvalue weighted by Gasteiger charge is 2.25. The quantitative estimate of drug-likeness (QED) is 0.441. The molecule has 168 valence electrons. The molecule has 7 nitrogen and oxygen atoms in total. The summed E-state index contributed by atoms with van der Waals surface area (Å²) in [5.41, 5.74) is 2.50. The lowest BCUT2D eigenvalue weighted by Gasteiger charge is -2.36. The predicted octanol–water partition coefficient (Wildman–Crippen LogP) is 4.34. The van der Waals surface area contributed by atoms with Gasteiger partial charge in [0.25, 0.3) is 5.91 Å². The van der Waals surface area contributed by atoms with E-state index in [0.29, 0.717) is 43.2 Å². The third kappa shape index (κ3) is 4.21. The number of nitrogens with zero attached hydrogens (tertiary/aromatic N) is 4. The van der Waals surface area contributed by atoms with Crippen molar-refractivity contribution in [1.29, 1.82) is 0 Å². The third-order valence-corrected chi connectivity index (χ3v) is 6.51. The standard InChI is InChI=1S/C25H24N4O3S/c1-31-19-13-18(14-20(15-19)32-2)25(30)29-10-8-28(9-11-29)24-21-5-3-4-6-22(21)26-23(27-24)17-7-12-33-16-17/h3-7,12-16H,8-11H2,1-2H3. The minimum absolute atomic E-state index is 0.0293. The minimum atomic E-state index is -0.0293. The first-order valence-electron chi connectivity index (χ1n) is 10.7. The molecule has 0 unspecified atom stereocenters. The monoisotopic (exact) mass is 460 g/mol. The first kappa shape index (κ1) is 21.2. The molecule has 1 amide bonds. The highest BCUT2D eigenvalue weighted by Crippen LogP contribution is 2.30. The van der Waals surface area contributed by atoms with Crippen LogP contribution in [-0.2, 0) is 0 Å². The van der Waals surface area contributed by atoms with Crippen LogP contribution in [0.25, 0.3) is 22.3 Å². The average molecular weight is 461 g/mol. The fourth-order valence-electron chi connectivity index (χ4n) is 4.06. The second-order valence-corrected chi connectivity index (χ2v) is 8.56. The summed E-state index contributed by atoms with van der Waals surface area (Å²) in [4.78, 5) is 27.0. The van der Waals surface area contributed by atoms with E-state index in [2.05, 4.69) is 16.3 Å². The Morgan fingerprint density at radius 2 is 1.67 bits per heavy atom. The molecular weight excluding hydrogens is 436 g/mol. The normalized spacial score (nSPS) is 13.9. The number of carbonyl (C=O) groups excluding carboxylic acids is 1. The molecule has 1 saturated heterocycles. The lowest BCUT2D eigenvalue weighted by Crippen LogP contribution is -2.49. The SMILES string of the molecule is COc1cc(OC)cc(C(=O)N2CCN(c3nc(-c4ccsc4)nc4ccccc34)CC2)c1. The van der Waals surface area contributed by atoms with Gasteiger partial charge in [0.15, 0.2) is 5.82 Å². The number of amides is 1. The zero-order valence-electron chi connectivity index (χ0n) is 18.5. The molecule has 2 aromatic heterocycles. The van der Waals surface area contributed by atoms with E-state index in [-0.39, 0.29) is 5.91 Å². The molecule has 2 aromatic carbocycles. The highest BCUT2D eigenvalue weighted by atomic mass is 32.1. The van der Waals surface area contributed by atoms with Gasteiger partial charge in [0.1, 0.15) is 17.3 Å². The topological polar surface area (TPSA) is 67.8 Å². The number of hydrogen-bond donors (Lipinski definition) is 0. The number of benzene rings is 2. The van der Waals surface area contributed by atoms with Gasteiger partial charge in [0.05, 0.1) is 19.7 Å². The molecule has 1 aliphatic rings. The number of thiophene rings is 1. The van der Waals surface area contributed by atoms with Crippen LogP contribution in [0.3, 0.4) is 0 Å². The maximum atomic E-state index is 13.2. The van der Waals surface area contributed by atoms with Gasteiger partial charge in [-0.1, -0.05) is 12.1 Å². The maximum Gasteiger partial charge on any atom is 0.254 e. The molecule has 0 atom stereocenters. The summed E-state index contributed by atoms with van der Waals surface area (Å²) < 4.78 is 10.6. The van der Waals surface area contributed by atoms with Gasteiger partial charge in [0, 0.05) is 54.1 Å². The van der Waals surface area contributed by atoms with Crippen LogP contribution in [0.15, 0.2) is 59.3 Å². The average Bonchev–Trinajstić information content (AvgIpc) is 3.42. The smallest absolute Gasteiger partial charge is 0.254 e. The number of piperazine rings is 1. The Hall–Kier alpha value is -3.65. The van der Waals surface area contributed by atoms with E-state index < -0.39 is 0 Å². The van der Waals surface area contributed by atoms with Crippen molar-refractivity contribution in [3.05, 3.63) is 64.9 Å². The predicted molar refractivity (Wildman–Crippen MR) is 131 cm³/mol. The molecule has 4 aromatic rings. The molecule has 1 fully saturated rings. The Bertz CT molecular complexity index is 1260. The molecular formula is C25H24N4O3S. The number of rotatable bonds is 5. The zero-order valence-corrected chi connectivity index (χ0v) is 19.3. The molecule has 0 N–H and O–H groups in total. The fraction of sp³-hybridized carbons (Fsp3) is 0.240. The van der Waals surface area contributed by atoms with Gasteiger partial charge < -0.3 is 19.3 Å². The summed E-state index contributed by atoms with van der Waals surface area (Å²) in [7, 11) is 3.16. The number of fused-ring (bicyclic) bond motifs is 1. The summed E-state index contributed by atoms with van der Waals surface area (Å²) in [5, 5.41) is 5.12. The molecule has 0 radical (unpaired) electrons. The van der Waals surface area contributed by atoms with E-state index in [1.165, 1.54) is 0 Å². The second kappa shape index (κ2) is 9.07. The van der Waals surface area contributed by atoms with Crippen molar-refractivity contribution >= 4 is 34.0 Å². The van der Waals surface area contributed by atoms with Gasteiger partial charge >= 0.3 is 0 Å². The van der Waals surface area contributed by atoms with Crippen LogP contribution in [0, 0.1) is 0 Å². The minimum Gasteiger partial charge on any atom is -0.497 e. The molecule has 5 rings (SSSR count). The lowest BCUT2D eigenvalue weighted by molar-refractivity contribution is 0.0746. The van der Waals surface area contributed by atoms with Crippen LogP contribution in [0.2, 0.25) is 0 Å². The van der Waals surface area contributed by atoms with Gasteiger partial charge in [-0.15, -0.1) is 0 Å². The molecule has 0 saturated carbocycles. The van der Waals surface area contributed by atoms with E-state index in [1.54, 1.807) is 43.8 Å². The number of ether oxygens (including phenoxy) is 2. The van der Waals surface area contributed by atoms with Crippen LogP contribution in [0.5, 0.6) is 11.5 Å². The second-order valence-electron chi connectivity index (χ2n) is 7.78. The van der Waals surface area contributed by atoms with Crippen molar-refractivity contribution in [2.75, 3.05) is 45.3 Å². The Balaban J connectivity index is 1.39. The van der Waals surface area contributed by atoms with Crippen LogP contribution in [0.1, 0.15) is 10.4 Å². The zero-order chi connectivity index (χ0) is 22.8. The van der Waals surface area contributed by atoms with Gasteiger partial charge in [-0.25, -0.2) is 9.97 Å².